The maximum absolute atomic E-state index is 13.0. The van der Waals surface area contributed by atoms with E-state index < -0.39 is 0 Å². The fourth-order valence-electron chi connectivity index (χ4n) is 1.50. The van der Waals surface area contributed by atoms with Gasteiger partial charge in [0.25, 0.3) is 0 Å². The second-order valence-corrected chi connectivity index (χ2v) is 5.64. The van der Waals surface area contributed by atoms with Crippen molar-refractivity contribution in [1.29, 1.82) is 0 Å². The van der Waals surface area contributed by atoms with Crippen LogP contribution in [0.15, 0.2) is 23.6 Å². The Morgan fingerprint density at radius 1 is 1.44 bits per heavy atom. The van der Waals surface area contributed by atoms with Gasteiger partial charge in [0.2, 0.25) is 0 Å². The van der Waals surface area contributed by atoms with Crippen LogP contribution in [0.25, 0.3) is 11.3 Å². The molecule has 1 N–H and O–H groups in total. The minimum absolute atomic E-state index is 0.333. The molecule has 2 rings (SSSR count). The van der Waals surface area contributed by atoms with E-state index in [2.05, 4.69) is 24.1 Å². The lowest BCUT2D eigenvalue weighted by atomic mass is 10.2. The Morgan fingerprint density at radius 3 is 2.89 bits per heavy atom. The van der Waals surface area contributed by atoms with E-state index in [9.17, 15) is 4.39 Å². The van der Waals surface area contributed by atoms with Crippen molar-refractivity contribution >= 4 is 22.9 Å². The lowest BCUT2D eigenvalue weighted by Gasteiger charge is -2.04. The molecular formula is C13H14ClFN2S. The first-order valence-corrected chi connectivity index (χ1v) is 6.95. The van der Waals surface area contributed by atoms with Crippen molar-refractivity contribution in [2.24, 2.45) is 0 Å². The van der Waals surface area contributed by atoms with Gasteiger partial charge in [-0.15, -0.1) is 11.3 Å². The smallest absolute Gasteiger partial charge is 0.124 e. The Morgan fingerprint density at radius 2 is 2.22 bits per heavy atom. The van der Waals surface area contributed by atoms with Gasteiger partial charge in [0.05, 0.1) is 10.7 Å². The molecule has 1 aromatic carbocycles. The predicted octanol–water partition coefficient (Wildman–Crippen LogP) is 4.10. The summed E-state index contributed by atoms with van der Waals surface area (Å²) >= 11 is 7.58. The summed E-state index contributed by atoms with van der Waals surface area (Å²) in [4.78, 5) is 4.49. The van der Waals surface area contributed by atoms with Crippen LogP contribution >= 0.6 is 22.9 Å². The van der Waals surface area contributed by atoms with Crippen LogP contribution in [-0.2, 0) is 6.54 Å². The van der Waals surface area contributed by atoms with Crippen LogP contribution in [0, 0.1) is 5.82 Å². The number of halogens is 2. The molecule has 0 unspecified atom stereocenters. The van der Waals surface area contributed by atoms with Crippen molar-refractivity contribution in [2.75, 3.05) is 0 Å². The molecule has 96 valence electrons. The van der Waals surface area contributed by atoms with E-state index >= 15 is 0 Å². The molecular weight excluding hydrogens is 271 g/mol. The number of nitrogens with one attached hydrogen (secondary N) is 1. The summed E-state index contributed by atoms with van der Waals surface area (Å²) in [6, 6.07) is 4.79. The van der Waals surface area contributed by atoms with Gasteiger partial charge in [0.1, 0.15) is 10.8 Å². The Hall–Kier alpha value is -0.970. The Kier molecular flexibility index (Phi) is 4.32. The highest BCUT2D eigenvalue weighted by atomic mass is 35.5. The minimum atomic E-state index is -0.333. The SMILES string of the molecule is CC(C)NCc1nc(-c2ccc(F)cc2Cl)cs1. The quantitative estimate of drug-likeness (QED) is 0.914. The van der Waals surface area contributed by atoms with E-state index in [0.29, 0.717) is 11.1 Å². The van der Waals surface area contributed by atoms with E-state index in [0.717, 1.165) is 22.8 Å². The summed E-state index contributed by atoms with van der Waals surface area (Å²) in [7, 11) is 0. The summed E-state index contributed by atoms with van der Waals surface area (Å²) in [5.41, 5.74) is 1.57. The maximum Gasteiger partial charge on any atom is 0.124 e. The number of hydrogen-bond donors (Lipinski definition) is 1. The van der Waals surface area contributed by atoms with Gasteiger partial charge in [-0.05, 0) is 18.2 Å². The Balaban J connectivity index is 2.18. The molecule has 18 heavy (non-hydrogen) atoms. The van der Waals surface area contributed by atoms with Crippen molar-refractivity contribution in [3.8, 4) is 11.3 Å². The van der Waals surface area contributed by atoms with E-state index in [1.165, 1.54) is 12.1 Å². The van der Waals surface area contributed by atoms with Gasteiger partial charge in [-0.1, -0.05) is 25.4 Å². The summed E-state index contributed by atoms with van der Waals surface area (Å²) in [6.45, 7) is 4.91. The molecule has 0 bridgehead atoms. The molecule has 0 spiro atoms. The third-order valence-corrected chi connectivity index (χ3v) is 3.58. The van der Waals surface area contributed by atoms with Gasteiger partial charge in [-0.3, -0.25) is 0 Å². The summed E-state index contributed by atoms with van der Waals surface area (Å²) < 4.78 is 13.0. The van der Waals surface area contributed by atoms with Gasteiger partial charge >= 0.3 is 0 Å². The molecule has 0 atom stereocenters. The second kappa shape index (κ2) is 5.78. The lowest BCUT2D eigenvalue weighted by Crippen LogP contribution is -2.21. The number of benzene rings is 1. The maximum atomic E-state index is 13.0. The number of nitrogens with zero attached hydrogens (tertiary/aromatic N) is 1. The van der Waals surface area contributed by atoms with Gasteiger partial charge in [0.15, 0.2) is 0 Å². The highest BCUT2D eigenvalue weighted by Crippen LogP contribution is 2.29. The lowest BCUT2D eigenvalue weighted by molar-refractivity contribution is 0.587. The summed E-state index contributed by atoms with van der Waals surface area (Å²) in [6.07, 6.45) is 0. The topological polar surface area (TPSA) is 24.9 Å². The molecule has 0 saturated carbocycles. The fraction of sp³-hybridized carbons (Fsp3) is 0.308. The first-order valence-electron chi connectivity index (χ1n) is 5.69. The van der Waals surface area contributed by atoms with E-state index in [-0.39, 0.29) is 5.82 Å². The van der Waals surface area contributed by atoms with E-state index in [4.69, 9.17) is 11.6 Å². The molecule has 0 aliphatic carbocycles. The molecule has 2 nitrogen and oxygen atoms in total. The summed E-state index contributed by atoms with van der Waals surface area (Å²) in [5.74, 6) is -0.333. The Labute approximate surface area is 115 Å². The fourth-order valence-corrected chi connectivity index (χ4v) is 2.51. The molecule has 0 aliphatic rings. The number of aromatic nitrogens is 1. The second-order valence-electron chi connectivity index (χ2n) is 4.29. The zero-order chi connectivity index (χ0) is 13.1. The largest absolute Gasteiger partial charge is 0.308 e. The van der Waals surface area contributed by atoms with Crippen LogP contribution in [0.2, 0.25) is 5.02 Å². The normalized spacial score (nSPS) is 11.2. The van der Waals surface area contributed by atoms with Gasteiger partial charge < -0.3 is 5.32 Å². The van der Waals surface area contributed by atoms with Gasteiger partial charge in [0, 0.05) is 23.5 Å². The molecule has 0 fully saturated rings. The van der Waals surface area contributed by atoms with Crippen LogP contribution in [0.3, 0.4) is 0 Å². The Bertz CT molecular complexity index is 540. The van der Waals surface area contributed by atoms with Crippen LogP contribution < -0.4 is 5.32 Å². The van der Waals surface area contributed by atoms with Gasteiger partial charge in [-0.25, -0.2) is 9.37 Å². The van der Waals surface area contributed by atoms with E-state index in [1.807, 2.05) is 5.38 Å². The molecule has 0 radical (unpaired) electrons. The van der Waals surface area contributed by atoms with Crippen molar-refractivity contribution in [3.05, 3.63) is 39.4 Å². The first-order chi connectivity index (χ1) is 8.56. The highest BCUT2D eigenvalue weighted by Gasteiger charge is 2.09. The monoisotopic (exact) mass is 284 g/mol. The number of rotatable bonds is 4. The molecule has 1 heterocycles. The van der Waals surface area contributed by atoms with Crippen LogP contribution in [0.5, 0.6) is 0 Å². The average Bonchev–Trinajstić information content (AvgIpc) is 2.75. The highest BCUT2D eigenvalue weighted by molar-refractivity contribution is 7.09. The van der Waals surface area contributed by atoms with E-state index in [1.54, 1.807) is 17.4 Å². The summed E-state index contributed by atoms with van der Waals surface area (Å²) in [5, 5.41) is 6.64. The molecule has 5 heteroatoms. The van der Waals surface area contributed by atoms with Crippen LogP contribution in [0.4, 0.5) is 4.39 Å². The molecule has 0 aliphatic heterocycles. The average molecular weight is 285 g/mol. The zero-order valence-corrected chi connectivity index (χ0v) is 11.8. The standard InChI is InChI=1S/C13H14ClFN2S/c1-8(2)16-6-13-17-12(7-18-13)10-4-3-9(15)5-11(10)14/h3-5,7-8,16H,6H2,1-2H3. The van der Waals surface area contributed by atoms with Crippen LogP contribution in [0.1, 0.15) is 18.9 Å². The number of thiazole rings is 1. The zero-order valence-electron chi connectivity index (χ0n) is 10.2. The molecule has 0 saturated heterocycles. The van der Waals surface area contributed by atoms with Gasteiger partial charge in [-0.2, -0.15) is 0 Å². The first kappa shape index (κ1) is 13.5. The van der Waals surface area contributed by atoms with Crippen molar-refractivity contribution < 1.29 is 4.39 Å². The van der Waals surface area contributed by atoms with Crippen molar-refractivity contribution in [2.45, 2.75) is 26.4 Å². The van der Waals surface area contributed by atoms with Crippen molar-refractivity contribution in [1.82, 2.24) is 10.3 Å². The molecule has 1 aromatic heterocycles. The molecule has 0 amide bonds. The van der Waals surface area contributed by atoms with Crippen molar-refractivity contribution in [3.63, 3.8) is 0 Å². The number of hydrogen-bond acceptors (Lipinski definition) is 3. The van der Waals surface area contributed by atoms with Crippen LogP contribution in [-0.4, -0.2) is 11.0 Å². The molecule has 2 aromatic rings. The third-order valence-electron chi connectivity index (χ3n) is 2.42. The predicted molar refractivity (Wildman–Crippen MR) is 74.5 cm³/mol. The minimum Gasteiger partial charge on any atom is -0.308 e. The third kappa shape index (κ3) is 3.28.